The Labute approximate surface area is 109 Å². The highest BCUT2D eigenvalue weighted by atomic mass is 19.1. The Morgan fingerprint density at radius 3 is 1.50 bits per heavy atom. The van der Waals surface area contributed by atoms with Crippen LogP contribution in [0.4, 0.5) is 4.39 Å². The van der Waals surface area contributed by atoms with Crippen LogP contribution >= 0.6 is 0 Å². The van der Waals surface area contributed by atoms with Crippen LogP contribution in [0.5, 0.6) is 0 Å². The summed E-state index contributed by atoms with van der Waals surface area (Å²) in [6, 6.07) is 0. The Balaban J connectivity index is 1.98. The van der Waals surface area contributed by atoms with E-state index in [9.17, 15) is 14.6 Å². The topological polar surface area (TPSA) is 40.5 Å². The van der Waals surface area contributed by atoms with E-state index in [1.165, 1.54) is 0 Å². The van der Waals surface area contributed by atoms with Crippen molar-refractivity contribution in [2.75, 3.05) is 6.67 Å². The Morgan fingerprint density at radius 1 is 0.833 bits per heavy atom. The van der Waals surface area contributed by atoms with E-state index in [0.717, 1.165) is 32.1 Å². The van der Waals surface area contributed by atoms with Gasteiger partial charge >= 0.3 is 0 Å². The average Bonchev–Trinajstić information content (AvgIpc) is 2.29. The van der Waals surface area contributed by atoms with Gasteiger partial charge in [-0.15, -0.1) is 0 Å². The van der Waals surface area contributed by atoms with Crippen LogP contribution < -0.4 is 0 Å². The molecule has 0 heterocycles. The minimum atomic E-state index is -0.654. The Bertz CT molecular complexity index is 309. The molecule has 7 atom stereocenters. The standard InChI is InChI=1S/C15H25FO2/c1-14(17)10-3-9(8-16)4-11-6-12(14)7-13(5-10)15(11,2)18/h9-13,17-18H,3-8H2,1-2H3/t9?,10-,11+,12-,13?,14+,15-/m1/s1. The van der Waals surface area contributed by atoms with Gasteiger partial charge in [-0.25, -0.2) is 0 Å². The monoisotopic (exact) mass is 256 g/mol. The third-order valence-corrected chi connectivity index (χ3v) is 6.47. The fourth-order valence-electron chi connectivity index (χ4n) is 5.02. The van der Waals surface area contributed by atoms with Crippen LogP contribution in [-0.4, -0.2) is 28.1 Å². The van der Waals surface area contributed by atoms with Gasteiger partial charge in [0.1, 0.15) is 0 Å². The zero-order valence-corrected chi connectivity index (χ0v) is 11.4. The van der Waals surface area contributed by atoms with Crippen molar-refractivity contribution in [3.05, 3.63) is 0 Å². The smallest absolute Gasteiger partial charge is 0.0922 e. The number of halogens is 1. The van der Waals surface area contributed by atoms with Gasteiger partial charge in [0.15, 0.2) is 0 Å². The molecule has 18 heavy (non-hydrogen) atoms. The van der Waals surface area contributed by atoms with E-state index in [1.807, 2.05) is 13.8 Å². The van der Waals surface area contributed by atoms with Gasteiger partial charge < -0.3 is 10.2 Å². The number of aliphatic hydroxyl groups is 2. The molecule has 4 rings (SSSR count). The number of hydrogen-bond acceptors (Lipinski definition) is 2. The van der Waals surface area contributed by atoms with E-state index >= 15 is 0 Å². The maximum absolute atomic E-state index is 13.1. The van der Waals surface area contributed by atoms with Crippen molar-refractivity contribution < 1.29 is 14.6 Å². The normalized spacial score (nSPS) is 59.5. The second kappa shape index (κ2) is 3.92. The van der Waals surface area contributed by atoms with Crippen molar-refractivity contribution >= 4 is 0 Å². The molecule has 2 nitrogen and oxygen atoms in total. The largest absolute Gasteiger partial charge is 0.390 e. The summed E-state index contributed by atoms with van der Waals surface area (Å²) >= 11 is 0. The van der Waals surface area contributed by atoms with E-state index in [4.69, 9.17) is 0 Å². The molecule has 4 fully saturated rings. The summed E-state index contributed by atoms with van der Waals surface area (Å²) in [7, 11) is 0. The molecule has 4 bridgehead atoms. The number of hydrogen-bond donors (Lipinski definition) is 2. The Hall–Kier alpha value is -0.150. The zero-order valence-electron chi connectivity index (χ0n) is 11.4. The van der Waals surface area contributed by atoms with Gasteiger partial charge in [-0.05, 0) is 75.5 Å². The van der Waals surface area contributed by atoms with Crippen molar-refractivity contribution in [3.8, 4) is 0 Å². The molecule has 0 aromatic heterocycles. The molecule has 4 saturated carbocycles. The molecule has 2 N–H and O–H groups in total. The average molecular weight is 256 g/mol. The van der Waals surface area contributed by atoms with Crippen LogP contribution in [0.15, 0.2) is 0 Å². The molecule has 0 aliphatic heterocycles. The lowest BCUT2D eigenvalue weighted by Gasteiger charge is -2.60. The Morgan fingerprint density at radius 2 is 1.17 bits per heavy atom. The summed E-state index contributed by atoms with van der Waals surface area (Å²) in [5, 5.41) is 21.6. The summed E-state index contributed by atoms with van der Waals surface area (Å²) in [5.74, 6) is 0.946. The molecule has 0 saturated heterocycles. The third kappa shape index (κ3) is 1.66. The highest BCUT2D eigenvalue weighted by molar-refractivity contribution is 5.08. The molecule has 3 heteroatoms. The van der Waals surface area contributed by atoms with E-state index in [1.54, 1.807) is 0 Å². The molecule has 0 radical (unpaired) electrons. The summed E-state index contributed by atoms with van der Waals surface area (Å²) < 4.78 is 13.1. The fraction of sp³-hybridized carbons (Fsp3) is 1.00. The highest BCUT2D eigenvalue weighted by Crippen LogP contribution is 2.58. The summed E-state index contributed by atoms with van der Waals surface area (Å²) in [5.41, 5.74) is -1.31. The molecular weight excluding hydrogens is 231 g/mol. The second-order valence-electron chi connectivity index (χ2n) is 7.44. The van der Waals surface area contributed by atoms with Crippen molar-refractivity contribution in [1.29, 1.82) is 0 Å². The first-order valence-corrected chi connectivity index (χ1v) is 7.36. The lowest BCUT2D eigenvalue weighted by atomic mass is 9.49. The van der Waals surface area contributed by atoms with Crippen molar-refractivity contribution in [1.82, 2.24) is 0 Å². The summed E-state index contributed by atoms with van der Waals surface area (Å²) in [6.07, 6.45) is 4.26. The van der Waals surface area contributed by atoms with E-state index in [-0.39, 0.29) is 24.4 Å². The van der Waals surface area contributed by atoms with Gasteiger partial charge in [0.05, 0.1) is 17.9 Å². The zero-order chi connectivity index (χ0) is 13.1. The minimum absolute atomic E-state index is 0.0259. The van der Waals surface area contributed by atoms with Gasteiger partial charge in [-0.2, -0.15) is 0 Å². The van der Waals surface area contributed by atoms with Crippen LogP contribution in [0.3, 0.4) is 0 Å². The van der Waals surface area contributed by atoms with Crippen molar-refractivity contribution in [2.24, 2.45) is 29.6 Å². The quantitative estimate of drug-likeness (QED) is 0.757. The van der Waals surface area contributed by atoms with Crippen LogP contribution in [0.1, 0.15) is 46.0 Å². The lowest BCUT2D eigenvalue weighted by molar-refractivity contribution is -0.206. The molecule has 4 aliphatic carbocycles. The minimum Gasteiger partial charge on any atom is -0.390 e. The van der Waals surface area contributed by atoms with E-state index in [0.29, 0.717) is 11.8 Å². The molecule has 0 amide bonds. The Kier molecular flexibility index (Phi) is 2.80. The SMILES string of the molecule is C[C@]1(O)[C@@H]2CC(CF)C[C@H]3C[C@@H]1CC(C2)[C@]3(C)O. The van der Waals surface area contributed by atoms with Gasteiger partial charge in [0, 0.05) is 0 Å². The van der Waals surface area contributed by atoms with Crippen LogP contribution in [-0.2, 0) is 0 Å². The summed E-state index contributed by atoms with van der Waals surface area (Å²) in [4.78, 5) is 0. The first-order chi connectivity index (χ1) is 8.35. The van der Waals surface area contributed by atoms with E-state index in [2.05, 4.69) is 0 Å². The van der Waals surface area contributed by atoms with Gasteiger partial charge in [0.2, 0.25) is 0 Å². The molecule has 0 aromatic rings. The third-order valence-electron chi connectivity index (χ3n) is 6.47. The van der Waals surface area contributed by atoms with Crippen molar-refractivity contribution in [3.63, 3.8) is 0 Å². The van der Waals surface area contributed by atoms with E-state index < -0.39 is 11.2 Å². The number of alkyl halides is 1. The molecule has 2 unspecified atom stereocenters. The highest BCUT2D eigenvalue weighted by Gasteiger charge is 2.58. The van der Waals surface area contributed by atoms with Crippen LogP contribution in [0, 0.1) is 29.6 Å². The fourth-order valence-corrected chi connectivity index (χ4v) is 5.02. The van der Waals surface area contributed by atoms with Crippen molar-refractivity contribution in [2.45, 2.75) is 57.2 Å². The molecule has 0 spiro atoms. The number of rotatable bonds is 1. The first kappa shape index (κ1) is 12.9. The number of fused-ring (bicyclic) bond motifs is 2. The van der Waals surface area contributed by atoms with Gasteiger partial charge in [-0.3, -0.25) is 4.39 Å². The van der Waals surface area contributed by atoms with Gasteiger partial charge in [0.25, 0.3) is 0 Å². The van der Waals surface area contributed by atoms with Crippen LogP contribution in [0.2, 0.25) is 0 Å². The molecule has 104 valence electrons. The molecule has 0 aromatic carbocycles. The molecule has 4 aliphatic rings. The van der Waals surface area contributed by atoms with Crippen LogP contribution in [0.25, 0.3) is 0 Å². The molecular formula is C15H25FO2. The second-order valence-corrected chi connectivity index (χ2v) is 7.44. The maximum atomic E-state index is 13.1. The maximum Gasteiger partial charge on any atom is 0.0922 e. The summed E-state index contributed by atoms with van der Waals surface area (Å²) in [6.45, 7) is 3.57. The lowest BCUT2D eigenvalue weighted by Crippen LogP contribution is -2.61. The van der Waals surface area contributed by atoms with Gasteiger partial charge in [-0.1, -0.05) is 0 Å². The first-order valence-electron chi connectivity index (χ1n) is 7.36. The predicted octanol–water partition coefficient (Wildman–Crippen LogP) is 2.53. The predicted molar refractivity (Wildman–Crippen MR) is 67.8 cm³/mol.